The van der Waals surface area contributed by atoms with E-state index in [9.17, 15) is 13.2 Å². The highest BCUT2D eigenvalue weighted by Gasteiger charge is 2.20. The molecule has 1 aliphatic heterocycles. The van der Waals surface area contributed by atoms with Crippen molar-refractivity contribution in [1.29, 1.82) is 0 Å². The Morgan fingerprint density at radius 1 is 1.26 bits per heavy atom. The third kappa shape index (κ3) is 2.21. The number of hydrogen-bond donors (Lipinski definition) is 0. The maximum atomic E-state index is 13.0. The average molecular weight is 267 g/mol. The number of nitrogens with zero attached hydrogens (tertiary/aromatic N) is 1. The standard InChI is InChI=1S/C13H8F3NO2/c14-8-4-11-12(17-5-8)10-2-1-9(19-13(15)16)3-7(10)6-18-11/h1-5,13H,6H2. The van der Waals surface area contributed by atoms with Gasteiger partial charge >= 0.3 is 6.61 Å². The van der Waals surface area contributed by atoms with Crippen LogP contribution < -0.4 is 9.47 Å². The number of ether oxygens (including phenoxy) is 2. The van der Waals surface area contributed by atoms with E-state index < -0.39 is 12.4 Å². The van der Waals surface area contributed by atoms with Gasteiger partial charge in [0.05, 0.1) is 6.20 Å². The number of alkyl halides is 2. The minimum Gasteiger partial charge on any atom is -0.486 e. The monoisotopic (exact) mass is 267 g/mol. The van der Waals surface area contributed by atoms with Crippen LogP contribution in [0.25, 0.3) is 11.3 Å². The minimum atomic E-state index is -2.87. The molecule has 0 radical (unpaired) electrons. The van der Waals surface area contributed by atoms with Crippen molar-refractivity contribution in [1.82, 2.24) is 4.98 Å². The summed E-state index contributed by atoms with van der Waals surface area (Å²) >= 11 is 0. The van der Waals surface area contributed by atoms with Gasteiger partial charge in [0.25, 0.3) is 0 Å². The summed E-state index contributed by atoms with van der Waals surface area (Å²) in [6.07, 6.45) is 1.08. The third-order valence-corrected chi connectivity index (χ3v) is 2.76. The van der Waals surface area contributed by atoms with Gasteiger partial charge < -0.3 is 9.47 Å². The Hall–Kier alpha value is -2.24. The normalized spacial score (nSPS) is 12.6. The summed E-state index contributed by atoms with van der Waals surface area (Å²) in [7, 11) is 0. The maximum Gasteiger partial charge on any atom is 0.387 e. The van der Waals surface area contributed by atoms with Crippen molar-refractivity contribution in [2.45, 2.75) is 13.2 Å². The SMILES string of the molecule is Fc1cnc2c(c1)OCc1cc(OC(F)F)ccc1-2. The van der Waals surface area contributed by atoms with Gasteiger partial charge in [-0.25, -0.2) is 9.37 Å². The van der Waals surface area contributed by atoms with Crippen molar-refractivity contribution in [3.63, 3.8) is 0 Å². The molecular formula is C13H8F3NO2. The average Bonchev–Trinajstić information content (AvgIpc) is 2.37. The zero-order valence-electron chi connectivity index (χ0n) is 9.57. The van der Waals surface area contributed by atoms with Crippen LogP contribution in [-0.2, 0) is 6.61 Å². The molecule has 0 saturated carbocycles. The highest BCUT2D eigenvalue weighted by molar-refractivity contribution is 5.72. The van der Waals surface area contributed by atoms with Crippen LogP contribution >= 0.6 is 0 Å². The number of hydrogen-bond acceptors (Lipinski definition) is 3. The summed E-state index contributed by atoms with van der Waals surface area (Å²) in [4.78, 5) is 3.96. The van der Waals surface area contributed by atoms with Crippen molar-refractivity contribution >= 4 is 0 Å². The molecule has 1 aromatic carbocycles. The highest BCUT2D eigenvalue weighted by Crippen LogP contribution is 2.37. The van der Waals surface area contributed by atoms with E-state index in [1.807, 2.05) is 0 Å². The molecule has 19 heavy (non-hydrogen) atoms. The first-order valence-electron chi connectivity index (χ1n) is 5.50. The van der Waals surface area contributed by atoms with Gasteiger partial charge in [0.1, 0.15) is 29.6 Å². The molecule has 0 aliphatic carbocycles. The predicted molar refractivity (Wildman–Crippen MR) is 60.6 cm³/mol. The molecule has 6 heteroatoms. The van der Waals surface area contributed by atoms with Crippen molar-refractivity contribution in [3.8, 4) is 22.8 Å². The third-order valence-electron chi connectivity index (χ3n) is 2.76. The van der Waals surface area contributed by atoms with E-state index in [4.69, 9.17) is 4.74 Å². The Labute approximate surface area is 106 Å². The quantitative estimate of drug-likeness (QED) is 0.835. The van der Waals surface area contributed by atoms with Gasteiger partial charge in [0, 0.05) is 17.2 Å². The van der Waals surface area contributed by atoms with Crippen LogP contribution in [-0.4, -0.2) is 11.6 Å². The van der Waals surface area contributed by atoms with E-state index in [2.05, 4.69) is 9.72 Å². The first-order chi connectivity index (χ1) is 9.13. The number of halogens is 3. The van der Waals surface area contributed by atoms with E-state index >= 15 is 0 Å². The number of aromatic nitrogens is 1. The van der Waals surface area contributed by atoms with Crippen LogP contribution in [0.4, 0.5) is 13.2 Å². The molecule has 0 atom stereocenters. The second-order valence-electron chi connectivity index (χ2n) is 3.99. The van der Waals surface area contributed by atoms with Gasteiger partial charge in [-0.1, -0.05) is 0 Å². The summed E-state index contributed by atoms with van der Waals surface area (Å²) in [5.74, 6) is -0.0854. The molecule has 3 rings (SSSR count). The number of fused-ring (bicyclic) bond motifs is 3. The van der Waals surface area contributed by atoms with Crippen LogP contribution in [0.3, 0.4) is 0 Å². The zero-order valence-corrected chi connectivity index (χ0v) is 9.57. The first-order valence-corrected chi connectivity index (χ1v) is 5.50. The van der Waals surface area contributed by atoms with E-state index in [1.165, 1.54) is 18.2 Å². The van der Waals surface area contributed by atoms with Gasteiger partial charge in [-0.05, 0) is 18.2 Å². The van der Waals surface area contributed by atoms with Crippen LogP contribution in [0.1, 0.15) is 5.56 Å². The summed E-state index contributed by atoms with van der Waals surface area (Å²) < 4.78 is 47.0. The Balaban J connectivity index is 2.03. The molecule has 0 unspecified atom stereocenters. The molecule has 0 amide bonds. The first kappa shape index (κ1) is 11.8. The summed E-state index contributed by atoms with van der Waals surface area (Å²) in [5.41, 5.74) is 1.89. The molecule has 0 bridgehead atoms. The Morgan fingerprint density at radius 2 is 2.11 bits per heavy atom. The van der Waals surface area contributed by atoms with E-state index in [0.29, 0.717) is 17.0 Å². The second-order valence-corrected chi connectivity index (χ2v) is 3.99. The molecule has 3 nitrogen and oxygen atoms in total. The Kier molecular flexibility index (Phi) is 2.77. The summed E-state index contributed by atoms with van der Waals surface area (Å²) in [6, 6.07) is 5.74. The molecule has 0 fully saturated rings. The molecule has 1 aliphatic rings. The van der Waals surface area contributed by atoms with Gasteiger partial charge in [0.2, 0.25) is 0 Å². The lowest BCUT2D eigenvalue weighted by Crippen LogP contribution is -2.08. The fourth-order valence-electron chi connectivity index (χ4n) is 1.99. The molecule has 1 aromatic heterocycles. The van der Waals surface area contributed by atoms with Gasteiger partial charge in [-0.3, -0.25) is 0 Å². The Morgan fingerprint density at radius 3 is 2.89 bits per heavy atom. The molecule has 2 heterocycles. The zero-order chi connectivity index (χ0) is 13.4. The van der Waals surface area contributed by atoms with E-state index in [1.54, 1.807) is 6.07 Å². The van der Waals surface area contributed by atoms with Crippen molar-refractivity contribution < 1.29 is 22.6 Å². The second kappa shape index (κ2) is 4.46. The van der Waals surface area contributed by atoms with Crippen LogP contribution in [0, 0.1) is 5.82 Å². The maximum absolute atomic E-state index is 13.0. The molecule has 0 saturated heterocycles. The molecule has 98 valence electrons. The largest absolute Gasteiger partial charge is 0.486 e. The van der Waals surface area contributed by atoms with Crippen molar-refractivity contribution in [3.05, 3.63) is 41.8 Å². The lowest BCUT2D eigenvalue weighted by molar-refractivity contribution is -0.0499. The van der Waals surface area contributed by atoms with Crippen LogP contribution in [0.2, 0.25) is 0 Å². The number of benzene rings is 1. The molecule has 0 N–H and O–H groups in total. The predicted octanol–water partition coefficient (Wildman–Crippen LogP) is 3.38. The molecule has 0 spiro atoms. The molecule has 2 aromatic rings. The van der Waals surface area contributed by atoms with E-state index in [-0.39, 0.29) is 12.4 Å². The van der Waals surface area contributed by atoms with Crippen LogP contribution in [0.5, 0.6) is 11.5 Å². The number of pyridine rings is 1. The van der Waals surface area contributed by atoms with Gasteiger partial charge in [-0.2, -0.15) is 8.78 Å². The topological polar surface area (TPSA) is 31.4 Å². The fraction of sp³-hybridized carbons (Fsp3) is 0.154. The van der Waals surface area contributed by atoms with Crippen molar-refractivity contribution in [2.75, 3.05) is 0 Å². The Bertz CT molecular complexity index is 631. The number of rotatable bonds is 2. The lowest BCUT2D eigenvalue weighted by atomic mass is 10.0. The summed E-state index contributed by atoms with van der Waals surface area (Å²) in [6.45, 7) is -2.71. The smallest absolute Gasteiger partial charge is 0.387 e. The minimum absolute atomic E-state index is 0.0583. The lowest BCUT2D eigenvalue weighted by Gasteiger charge is -2.20. The van der Waals surface area contributed by atoms with Gasteiger partial charge in [0.15, 0.2) is 0 Å². The van der Waals surface area contributed by atoms with Crippen molar-refractivity contribution in [2.24, 2.45) is 0 Å². The van der Waals surface area contributed by atoms with Crippen LogP contribution in [0.15, 0.2) is 30.5 Å². The molecular weight excluding hydrogens is 259 g/mol. The summed E-state index contributed by atoms with van der Waals surface area (Å²) in [5, 5.41) is 0. The highest BCUT2D eigenvalue weighted by atomic mass is 19.3. The van der Waals surface area contributed by atoms with Gasteiger partial charge in [-0.15, -0.1) is 0 Å². The van der Waals surface area contributed by atoms with E-state index in [0.717, 1.165) is 11.8 Å². The fourth-order valence-corrected chi connectivity index (χ4v) is 1.99.